The number of carbonyl (C=O) groups is 1. The van der Waals surface area contributed by atoms with Crippen molar-refractivity contribution in [1.82, 2.24) is 15.6 Å². The highest BCUT2D eigenvalue weighted by Gasteiger charge is 2.06. The van der Waals surface area contributed by atoms with Crippen molar-refractivity contribution in [1.29, 1.82) is 0 Å². The first-order valence-corrected chi connectivity index (χ1v) is 6.13. The molecule has 18 heavy (non-hydrogen) atoms. The Morgan fingerprint density at radius 1 is 1.44 bits per heavy atom. The molecule has 1 amide bonds. The van der Waals surface area contributed by atoms with Crippen molar-refractivity contribution >= 4 is 5.91 Å². The summed E-state index contributed by atoms with van der Waals surface area (Å²) in [5, 5.41) is 6.00. The summed E-state index contributed by atoms with van der Waals surface area (Å²) in [6.07, 6.45) is 4.33. The molecule has 0 bridgehead atoms. The number of hydrogen-bond donors (Lipinski definition) is 2. The number of methoxy groups -OCH3 is 1. The topological polar surface area (TPSA) is 63.2 Å². The molecule has 0 aromatic carbocycles. The quantitative estimate of drug-likeness (QED) is 0.673. The van der Waals surface area contributed by atoms with Gasteiger partial charge in [-0.1, -0.05) is 0 Å². The largest absolute Gasteiger partial charge is 0.385 e. The summed E-state index contributed by atoms with van der Waals surface area (Å²) >= 11 is 0. The lowest BCUT2D eigenvalue weighted by Crippen LogP contribution is -2.35. The van der Waals surface area contributed by atoms with Crippen LogP contribution in [0.15, 0.2) is 24.5 Å². The highest BCUT2D eigenvalue weighted by Crippen LogP contribution is 2.09. The van der Waals surface area contributed by atoms with E-state index in [-0.39, 0.29) is 11.9 Å². The van der Waals surface area contributed by atoms with Crippen molar-refractivity contribution in [2.45, 2.75) is 19.4 Å². The summed E-state index contributed by atoms with van der Waals surface area (Å²) in [5.74, 6) is 0.00649. The van der Waals surface area contributed by atoms with Gasteiger partial charge in [0.15, 0.2) is 0 Å². The number of nitrogens with zero attached hydrogens (tertiary/aromatic N) is 1. The molecule has 5 nitrogen and oxygen atoms in total. The fourth-order valence-corrected chi connectivity index (χ4v) is 1.52. The number of amides is 1. The van der Waals surface area contributed by atoms with Gasteiger partial charge in [-0.05, 0) is 31.0 Å². The predicted molar refractivity (Wildman–Crippen MR) is 70.2 cm³/mol. The molecular formula is C13H21N3O2. The second-order valence-electron chi connectivity index (χ2n) is 4.08. The molecule has 5 heteroatoms. The number of nitrogens with one attached hydrogen (secondary N) is 2. The van der Waals surface area contributed by atoms with Crippen LogP contribution in [-0.4, -0.2) is 37.7 Å². The number of ether oxygens (including phenoxy) is 1. The van der Waals surface area contributed by atoms with Crippen LogP contribution in [-0.2, 0) is 9.53 Å². The lowest BCUT2D eigenvalue weighted by atomic mass is 10.1. The maximum absolute atomic E-state index is 11.5. The molecule has 100 valence electrons. The van der Waals surface area contributed by atoms with Crippen LogP contribution in [0.4, 0.5) is 0 Å². The van der Waals surface area contributed by atoms with Crippen molar-refractivity contribution in [2.75, 3.05) is 26.8 Å². The van der Waals surface area contributed by atoms with E-state index in [4.69, 9.17) is 4.74 Å². The Hall–Kier alpha value is -1.46. The summed E-state index contributed by atoms with van der Waals surface area (Å²) in [7, 11) is 1.65. The van der Waals surface area contributed by atoms with Gasteiger partial charge < -0.3 is 15.4 Å². The van der Waals surface area contributed by atoms with Gasteiger partial charge in [0.25, 0.3) is 0 Å². The van der Waals surface area contributed by atoms with E-state index in [1.165, 1.54) is 0 Å². The molecule has 2 N–H and O–H groups in total. The normalized spacial score (nSPS) is 12.1. The summed E-state index contributed by atoms with van der Waals surface area (Å²) in [4.78, 5) is 15.5. The smallest absolute Gasteiger partial charge is 0.233 e. The standard InChI is InChI=1S/C13H21N3O2/c1-11(12-4-7-14-8-5-12)16-10-13(17)15-6-3-9-18-2/h4-5,7-8,11,16H,3,6,9-10H2,1-2H3,(H,15,17)/t11-/m0/s1. The van der Waals surface area contributed by atoms with Crippen LogP contribution in [0.5, 0.6) is 0 Å². The van der Waals surface area contributed by atoms with Crippen molar-refractivity contribution < 1.29 is 9.53 Å². The zero-order chi connectivity index (χ0) is 13.2. The minimum absolute atomic E-state index is 0.00649. The van der Waals surface area contributed by atoms with Gasteiger partial charge in [-0.3, -0.25) is 9.78 Å². The van der Waals surface area contributed by atoms with E-state index < -0.39 is 0 Å². The Morgan fingerprint density at radius 2 is 2.17 bits per heavy atom. The lowest BCUT2D eigenvalue weighted by Gasteiger charge is -2.13. The Morgan fingerprint density at radius 3 is 2.83 bits per heavy atom. The summed E-state index contributed by atoms with van der Waals surface area (Å²) in [5.41, 5.74) is 1.12. The average Bonchev–Trinajstić information content (AvgIpc) is 2.42. The molecule has 1 rings (SSSR count). The van der Waals surface area contributed by atoms with E-state index in [0.29, 0.717) is 19.7 Å². The molecule has 0 aliphatic carbocycles. The maximum atomic E-state index is 11.5. The fraction of sp³-hybridized carbons (Fsp3) is 0.538. The second-order valence-corrected chi connectivity index (χ2v) is 4.08. The fourth-order valence-electron chi connectivity index (χ4n) is 1.52. The molecule has 0 unspecified atom stereocenters. The highest BCUT2D eigenvalue weighted by atomic mass is 16.5. The van der Waals surface area contributed by atoms with Crippen LogP contribution in [0.3, 0.4) is 0 Å². The van der Waals surface area contributed by atoms with Gasteiger partial charge in [0.1, 0.15) is 0 Å². The minimum Gasteiger partial charge on any atom is -0.385 e. The number of carbonyl (C=O) groups excluding carboxylic acids is 1. The van der Waals surface area contributed by atoms with Gasteiger partial charge in [-0.2, -0.15) is 0 Å². The van der Waals surface area contributed by atoms with Crippen LogP contribution >= 0.6 is 0 Å². The average molecular weight is 251 g/mol. The number of hydrogen-bond acceptors (Lipinski definition) is 4. The summed E-state index contributed by atoms with van der Waals surface area (Å²) < 4.78 is 4.91. The zero-order valence-electron chi connectivity index (χ0n) is 11.0. The maximum Gasteiger partial charge on any atom is 0.233 e. The number of pyridine rings is 1. The SMILES string of the molecule is COCCCNC(=O)CN[C@@H](C)c1ccncc1. The Kier molecular flexibility index (Phi) is 6.98. The van der Waals surface area contributed by atoms with Crippen LogP contribution in [0.1, 0.15) is 24.9 Å². The van der Waals surface area contributed by atoms with E-state index in [2.05, 4.69) is 15.6 Å². The van der Waals surface area contributed by atoms with Crippen LogP contribution < -0.4 is 10.6 Å². The Bertz CT molecular complexity index is 343. The van der Waals surface area contributed by atoms with Gasteiger partial charge >= 0.3 is 0 Å². The molecule has 1 heterocycles. The van der Waals surface area contributed by atoms with Crippen LogP contribution in [0, 0.1) is 0 Å². The van der Waals surface area contributed by atoms with Gasteiger partial charge in [0, 0.05) is 38.7 Å². The first-order chi connectivity index (χ1) is 8.74. The third-order valence-corrected chi connectivity index (χ3v) is 2.62. The van der Waals surface area contributed by atoms with Crippen molar-refractivity contribution in [3.63, 3.8) is 0 Å². The van der Waals surface area contributed by atoms with Crippen molar-refractivity contribution in [3.05, 3.63) is 30.1 Å². The molecule has 1 atom stereocenters. The molecule has 0 aliphatic rings. The molecule has 0 aliphatic heterocycles. The molecular weight excluding hydrogens is 230 g/mol. The van der Waals surface area contributed by atoms with Crippen LogP contribution in [0.25, 0.3) is 0 Å². The van der Waals surface area contributed by atoms with E-state index in [1.807, 2.05) is 19.1 Å². The van der Waals surface area contributed by atoms with Gasteiger partial charge in [0.05, 0.1) is 6.54 Å². The minimum atomic E-state index is 0.00649. The molecule has 0 fully saturated rings. The highest BCUT2D eigenvalue weighted by molar-refractivity contribution is 5.77. The third-order valence-electron chi connectivity index (χ3n) is 2.62. The monoisotopic (exact) mass is 251 g/mol. The van der Waals surface area contributed by atoms with E-state index in [9.17, 15) is 4.79 Å². The molecule has 1 aromatic heterocycles. The molecule has 0 radical (unpaired) electrons. The Balaban J connectivity index is 2.18. The summed E-state index contributed by atoms with van der Waals surface area (Å²) in [6.45, 7) is 3.66. The van der Waals surface area contributed by atoms with E-state index in [1.54, 1.807) is 19.5 Å². The Labute approximate surface area is 108 Å². The summed E-state index contributed by atoms with van der Waals surface area (Å²) in [6, 6.07) is 4.01. The first-order valence-electron chi connectivity index (χ1n) is 6.13. The van der Waals surface area contributed by atoms with Gasteiger partial charge in [0.2, 0.25) is 5.91 Å². The molecule has 1 aromatic rings. The molecule has 0 saturated heterocycles. The van der Waals surface area contributed by atoms with Crippen molar-refractivity contribution in [3.8, 4) is 0 Å². The number of rotatable bonds is 8. The second kappa shape index (κ2) is 8.60. The van der Waals surface area contributed by atoms with Crippen LogP contribution in [0.2, 0.25) is 0 Å². The lowest BCUT2D eigenvalue weighted by molar-refractivity contribution is -0.120. The molecule has 0 saturated carbocycles. The first kappa shape index (κ1) is 14.6. The number of aromatic nitrogens is 1. The van der Waals surface area contributed by atoms with Gasteiger partial charge in [-0.15, -0.1) is 0 Å². The molecule has 0 spiro atoms. The van der Waals surface area contributed by atoms with Gasteiger partial charge in [-0.25, -0.2) is 0 Å². The van der Waals surface area contributed by atoms with E-state index in [0.717, 1.165) is 12.0 Å². The zero-order valence-corrected chi connectivity index (χ0v) is 11.0. The third kappa shape index (κ3) is 5.75. The predicted octanol–water partition coefficient (Wildman–Crippen LogP) is 0.885. The van der Waals surface area contributed by atoms with E-state index >= 15 is 0 Å². The van der Waals surface area contributed by atoms with Crippen molar-refractivity contribution in [2.24, 2.45) is 0 Å².